The number of hydrogen-bond acceptors (Lipinski definition) is 5. The van der Waals surface area contributed by atoms with Crippen molar-refractivity contribution in [3.05, 3.63) is 17.3 Å². The first-order valence-electron chi connectivity index (χ1n) is 7.69. The molecule has 0 saturated carbocycles. The highest BCUT2D eigenvalue weighted by atomic mass is 32.1. The molecular weight excluding hydrogens is 280 g/mol. The van der Waals surface area contributed by atoms with E-state index in [1.807, 2.05) is 0 Å². The number of hydrogen-bond donors (Lipinski definition) is 1. The van der Waals surface area contributed by atoms with Crippen LogP contribution in [0.4, 0.5) is 5.82 Å². The van der Waals surface area contributed by atoms with Gasteiger partial charge in [-0.05, 0) is 44.7 Å². The molecule has 1 atom stereocenters. The van der Waals surface area contributed by atoms with Crippen molar-refractivity contribution in [2.45, 2.75) is 46.7 Å². The molecule has 0 fully saturated rings. The van der Waals surface area contributed by atoms with E-state index >= 15 is 0 Å². The number of fused-ring (bicyclic) bond motifs is 1. The Hall–Kier alpha value is -1.20. The maximum Gasteiger partial charge on any atom is 0.146 e. The van der Waals surface area contributed by atoms with Gasteiger partial charge in [-0.25, -0.2) is 9.97 Å². The number of anilines is 1. The van der Waals surface area contributed by atoms with Gasteiger partial charge in [0.05, 0.1) is 11.9 Å². The van der Waals surface area contributed by atoms with Crippen molar-refractivity contribution < 1.29 is 0 Å². The van der Waals surface area contributed by atoms with E-state index in [2.05, 4.69) is 56.4 Å². The first-order valence-corrected chi connectivity index (χ1v) is 8.57. The fraction of sp³-hybridized carbons (Fsp3) is 0.625. The van der Waals surface area contributed by atoms with Crippen molar-refractivity contribution in [2.75, 3.05) is 18.9 Å². The van der Waals surface area contributed by atoms with Gasteiger partial charge in [0.15, 0.2) is 0 Å². The van der Waals surface area contributed by atoms with Crippen LogP contribution in [0, 0.1) is 5.92 Å². The van der Waals surface area contributed by atoms with Gasteiger partial charge in [-0.2, -0.15) is 0 Å². The van der Waals surface area contributed by atoms with Gasteiger partial charge >= 0.3 is 0 Å². The van der Waals surface area contributed by atoms with E-state index < -0.39 is 0 Å². The van der Waals surface area contributed by atoms with E-state index in [0.29, 0.717) is 12.0 Å². The minimum atomic E-state index is 0.537. The number of nitrogens with one attached hydrogen (secondary N) is 1. The van der Waals surface area contributed by atoms with Crippen molar-refractivity contribution in [1.82, 2.24) is 14.9 Å². The molecule has 0 aliphatic rings. The molecule has 2 aromatic heterocycles. The second kappa shape index (κ2) is 7.18. The van der Waals surface area contributed by atoms with Crippen LogP contribution >= 0.6 is 11.3 Å². The standard InChI is InChI=1S/C16H26N4S/c1-6-17-15-13-7-8-21-16(13)19-14(18-15)10-20(5)12(4)9-11(2)3/h7-8,11-12H,6,9-10H2,1-5H3,(H,17,18,19). The first-order chi connectivity index (χ1) is 10.0. The molecular formula is C16H26N4S. The molecule has 0 amide bonds. The van der Waals surface area contributed by atoms with Gasteiger partial charge < -0.3 is 5.32 Å². The summed E-state index contributed by atoms with van der Waals surface area (Å²) in [6.45, 7) is 10.6. The largest absolute Gasteiger partial charge is 0.370 e. The Balaban J connectivity index is 2.17. The Morgan fingerprint density at radius 1 is 1.29 bits per heavy atom. The molecule has 0 radical (unpaired) electrons. The number of thiophene rings is 1. The maximum absolute atomic E-state index is 4.71. The molecule has 1 N–H and O–H groups in total. The Morgan fingerprint density at radius 3 is 2.71 bits per heavy atom. The SMILES string of the molecule is CCNc1nc(CN(C)C(C)CC(C)C)nc2sccc12. The minimum absolute atomic E-state index is 0.537. The Kier molecular flexibility index (Phi) is 5.53. The molecule has 5 heteroatoms. The zero-order valence-corrected chi connectivity index (χ0v) is 14.5. The smallest absolute Gasteiger partial charge is 0.146 e. The van der Waals surface area contributed by atoms with Gasteiger partial charge in [0, 0.05) is 12.6 Å². The number of nitrogens with zero attached hydrogens (tertiary/aromatic N) is 3. The molecule has 4 nitrogen and oxygen atoms in total. The molecule has 116 valence electrons. The summed E-state index contributed by atoms with van der Waals surface area (Å²) in [6, 6.07) is 2.63. The lowest BCUT2D eigenvalue weighted by molar-refractivity contribution is 0.216. The van der Waals surface area contributed by atoms with E-state index in [-0.39, 0.29) is 0 Å². The summed E-state index contributed by atoms with van der Waals surface area (Å²) in [7, 11) is 2.15. The van der Waals surface area contributed by atoms with Gasteiger partial charge in [0.25, 0.3) is 0 Å². The highest BCUT2D eigenvalue weighted by Gasteiger charge is 2.14. The third kappa shape index (κ3) is 4.14. The third-order valence-electron chi connectivity index (χ3n) is 3.67. The molecule has 1 unspecified atom stereocenters. The monoisotopic (exact) mass is 306 g/mol. The van der Waals surface area contributed by atoms with E-state index in [4.69, 9.17) is 9.97 Å². The van der Waals surface area contributed by atoms with Crippen LogP contribution in [0.2, 0.25) is 0 Å². The Labute approximate surface area is 131 Å². The van der Waals surface area contributed by atoms with Crippen molar-refractivity contribution in [3.8, 4) is 0 Å². The summed E-state index contributed by atoms with van der Waals surface area (Å²) in [5.74, 6) is 2.57. The summed E-state index contributed by atoms with van der Waals surface area (Å²) in [5, 5.41) is 6.56. The summed E-state index contributed by atoms with van der Waals surface area (Å²) in [4.78, 5) is 12.8. The topological polar surface area (TPSA) is 41.1 Å². The molecule has 2 aromatic rings. The second-order valence-electron chi connectivity index (χ2n) is 6.05. The fourth-order valence-electron chi connectivity index (χ4n) is 2.51. The van der Waals surface area contributed by atoms with Crippen LogP contribution in [0.3, 0.4) is 0 Å². The highest BCUT2D eigenvalue weighted by molar-refractivity contribution is 7.16. The first kappa shape index (κ1) is 16.2. The number of aromatic nitrogens is 2. The zero-order chi connectivity index (χ0) is 15.4. The zero-order valence-electron chi connectivity index (χ0n) is 13.7. The molecule has 0 aromatic carbocycles. The van der Waals surface area contributed by atoms with Crippen molar-refractivity contribution in [1.29, 1.82) is 0 Å². The molecule has 0 saturated heterocycles. The predicted octanol–water partition coefficient (Wildman–Crippen LogP) is 3.99. The Morgan fingerprint density at radius 2 is 2.05 bits per heavy atom. The summed E-state index contributed by atoms with van der Waals surface area (Å²) in [6.07, 6.45) is 1.19. The average Bonchev–Trinajstić information content (AvgIpc) is 2.86. The lowest BCUT2D eigenvalue weighted by Gasteiger charge is -2.25. The lowest BCUT2D eigenvalue weighted by atomic mass is 10.0. The highest BCUT2D eigenvalue weighted by Crippen LogP contribution is 2.25. The Bertz CT molecular complexity index is 579. The van der Waals surface area contributed by atoms with E-state index in [1.165, 1.54) is 6.42 Å². The van der Waals surface area contributed by atoms with Crippen molar-refractivity contribution >= 4 is 27.4 Å². The van der Waals surface area contributed by atoms with Crippen LogP contribution in [0.25, 0.3) is 10.2 Å². The van der Waals surface area contributed by atoms with Crippen LogP contribution in [-0.4, -0.2) is 34.5 Å². The molecule has 2 heterocycles. The molecule has 21 heavy (non-hydrogen) atoms. The summed E-state index contributed by atoms with van der Waals surface area (Å²) in [5.41, 5.74) is 0. The number of rotatable bonds is 7. The molecule has 0 spiro atoms. The molecule has 2 rings (SSSR count). The minimum Gasteiger partial charge on any atom is -0.370 e. The van der Waals surface area contributed by atoms with E-state index in [0.717, 1.165) is 34.9 Å². The van der Waals surface area contributed by atoms with Crippen LogP contribution in [-0.2, 0) is 6.54 Å². The van der Waals surface area contributed by atoms with Gasteiger partial charge in [0.1, 0.15) is 16.5 Å². The van der Waals surface area contributed by atoms with Gasteiger partial charge in [-0.3, -0.25) is 4.90 Å². The van der Waals surface area contributed by atoms with E-state index in [9.17, 15) is 0 Å². The summed E-state index contributed by atoms with van der Waals surface area (Å²) >= 11 is 1.68. The lowest BCUT2D eigenvalue weighted by Crippen LogP contribution is -2.30. The fourth-order valence-corrected chi connectivity index (χ4v) is 3.30. The van der Waals surface area contributed by atoms with Gasteiger partial charge in [-0.15, -0.1) is 11.3 Å². The van der Waals surface area contributed by atoms with Crippen LogP contribution < -0.4 is 5.32 Å². The van der Waals surface area contributed by atoms with Gasteiger partial charge in [-0.1, -0.05) is 13.8 Å². The van der Waals surface area contributed by atoms with Crippen LogP contribution in [0.15, 0.2) is 11.4 Å². The quantitative estimate of drug-likeness (QED) is 0.840. The van der Waals surface area contributed by atoms with Crippen LogP contribution in [0.5, 0.6) is 0 Å². The molecule has 0 aliphatic carbocycles. The van der Waals surface area contributed by atoms with Crippen molar-refractivity contribution in [2.24, 2.45) is 5.92 Å². The van der Waals surface area contributed by atoms with Gasteiger partial charge in [0.2, 0.25) is 0 Å². The predicted molar refractivity (Wildman–Crippen MR) is 92.0 cm³/mol. The van der Waals surface area contributed by atoms with Crippen molar-refractivity contribution in [3.63, 3.8) is 0 Å². The maximum atomic E-state index is 4.71. The average molecular weight is 306 g/mol. The second-order valence-corrected chi connectivity index (χ2v) is 6.95. The molecule has 0 aliphatic heterocycles. The van der Waals surface area contributed by atoms with Crippen LogP contribution in [0.1, 0.15) is 39.9 Å². The molecule has 0 bridgehead atoms. The van der Waals surface area contributed by atoms with E-state index in [1.54, 1.807) is 11.3 Å². The normalized spacial score (nSPS) is 13.3. The summed E-state index contributed by atoms with van der Waals surface area (Å²) < 4.78 is 0. The third-order valence-corrected chi connectivity index (χ3v) is 4.48.